The topological polar surface area (TPSA) is 21.3 Å². The van der Waals surface area contributed by atoms with Crippen LogP contribution in [0.15, 0.2) is 24.3 Å². The summed E-state index contributed by atoms with van der Waals surface area (Å²) in [6.07, 6.45) is 6.48. The van der Waals surface area contributed by atoms with Crippen molar-refractivity contribution in [2.24, 2.45) is 0 Å². The van der Waals surface area contributed by atoms with Gasteiger partial charge in [0.25, 0.3) is 0 Å². The number of hydrogen-bond acceptors (Lipinski definition) is 2. The molecule has 2 heteroatoms. The van der Waals surface area contributed by atoms with Gasteiger partial charge < -0.3 is 10.1 Å². The number of benzene rings is 1. The molecule has 21 heavy (non-hydrogen) atoms. The smallest absolute Gasteiger partial charge is 0.0576 e. The van der Waals surface area contributed by atoms with Crippen LogP contribution in [0.25, 0.3) is 0 Å². The van der Waals surface area contributed by atoms with E-state index in [0.29, 0.717) is 12.1 Å². The van der Waals surface area contributed by atoms with E-state index in [-0.39, 0.29) is 5.41 Å². The quantitative estimate of drug-likeness (QED) is 0.852. The van der Waals surface area contributed by atoms with Crippen molar-refractivity contribution in [3.63, 3.8) is 0 Å². The Morgan fingerprint density at radius 3 is 2.48 bits per heavy atom. The van der Waals surface area contributed by atoms with Crippen LogP contribution in [0.4, 0.5) is 0 Å². The van der Waals surface area contributed by atoms with Crippen molar-refractivity contribution in [3.05, 3.63) is 35.4 Å². The molecule has 0 saturated carbocycles. The Hall–Kier alpha value is -0.860. The van der Waals surface area contributed by atoms with Crippen molar-refractivity contribution in [1.82, 2.24) is 5.32 Å². The van der Waals surface area contributed by atoms with E-state index in [9.17, 15) is 0 Å². The fraction of sp³-hybridized carbons (Fsp3) is 0.684. The van der Waals surface area contributed by atoms with E-state index >= 15 is 0 Å². The van der Waals surface area contributed by atoms with E-state index in [2.05, 4.69) is 57.4 Å². The average molecular weight is 289 g/mol. The molecule has 1 aromatic rings. The Kier molecular flexibility index (Phi) is 5.83. The second-order valence-electron chi connectivity index (χ2n) is 7.35. The van der Waals surface area contributed by atoms with Crippen molar-refractivity contribution in [2.45, 2.75) is 70.4 Å². The second-order valence-corrected chi connectivity index (χ2v) is 7.35. The number of nitrogens with one attached hydrogen (secondary N) is 1. The summed E-state index contributed by atoms with van der Waals surface area (Å²) in [7, 11) is 2.07. The van der Waals surface area contributed by atoms with Crippen LogP contribution in [-0.4, -0.2) is 25.8 Å². The minimum absolute atomic E-state index is 0.237. The zero-order valence-corrected chi connectivity index (χ0v) is 14.1. The monoisotopic (exact) mass is 289 g/mol. The van der Waals surface area contributed by atoms with E-state index in [4.69, 9.17) is 4.74 Å². The van der Waals surface area contributed by atoms with Gasteiger partial charge in [-0.05, 0) is 55.7 Å². The summed E-state index contributed by atoms with van der Waals surface area (Å²) in [5.41, 5.74) is 3.07. The van der Waals surface area contributed by atoms with Gasteiger partial charge in [-0.25, -0.2) is 0 Å². The number of rotatable bonds is 6. The summed E-state index contributed by atoms with van der Waals surface area (Å²) in [4.78, 5) is 0. The Labute approximate surface area is 130 Å². The minimum atomic E-state index is 0.237. The molecule has 2 atom stereocenters. The van der Waals surface area contributed by atoms with Gasteiger partial charge in [0.15, 0.2) is 0 Å². The van der Waals surface area contributed by atoms with Crippen LogP contribution in [0.5, 0.6) is 0 Å². The first-order valence-corrected chi connectivity index (χ1v) is 8.37. The van der Waals surface area contributed by atoms with Crippen molar-refractivity contribution < 1.29 is 4.74 Å². The highest BCUT2D eigenvalue weighted by Crippen LogP contribution is 2.23. The van der Waals surface area contributed by atoms with Crippen molar-refractivity contribution in [1.29, 1.82) is 0 Å². The molecule has 1 fully saturated rings. The lowest BCUT2D eigenvalue weighted by Gasteiger charge is -2.21. The molecule has 0 amide bonds. The van der Waals surface area contributed by atoms with Crippen LogP contribution < -0.4 is 5.32 Å². The Bertz CT molecular complexity index is 412. The zero-order valence-electron chi connectivity index (χ0n) is 14.1. The van der Waals surface area contributed by atoms with Crippen LogP contribution in [0, 0.1) is 0 Å². The van der Waals surface area contributed by atoms with E-state index in [0.717, 1.165) is 13.0 Å². The zero-order chi connectivity index (χ0) is 15.3. The molecule has 1 aliphatic rings. The lowest BCUT2D eigenvalue weighted by Crippen LogP contribution is -2.28. The van der Waals surface area contributed by atoms with Gasteiger partial charge in [0, 0.05) is 12.6 Å². The third-order valence-corrected chi connectivity index (χ3v) is 4.57. The maximum atomic E-state index is 5.72. The molecule has 118 valence electrons. The molecule has 1 aromatic carbocycles. The highest BCUT2D eigenvalue weighted by Gasteiger charge is 2.18. The minimum Gasteiger partial charge on any atom is -0.378 e. The molecule has 1 heterocycles. The van der Waals surface area contributed by atoms with E-state index in [1.54, 1.807) is 0 Å². The molecule has 0 spiro atoms. The van der Waals surface area contributed by atoms with E-state index < -0.39 is 0 Å². The highest BCUT2D eigenvalue weighted by molar-refractivity contribution is 5.28. The maximum Gasteiger partial charge on any atom is 0.0576 e. The summed E-state index contributed by atoms with van der Waals surface area (Å²) in [6, 6.07) is 9.69. The van der Waals surface area contributed by atoms with Gasteiger partial charge in [-0.15, -0.1) is 0 Å². The first kappa shape index (κ1) is 16.5. The van der Waals surface area contributed by atoms with Crippen molar-refractivity contribution >= 4 is 0 Å². The summed E-state index contributed by atoms with van der Waals surface area (Å²) in [5.74, 6) is 0. The molecule has 2 rings (SSSR count). The van der Waals surface area contributed by atoms with Crippen LogP contribution in [0.2, 0.25) is 0 Å². The van der Waals surface area contributed by atoms with Crippen LogP contribution in [-0.2, 0) is 16.6 Å². The molecular formula is C19H31NO. The van der Waals surface area contributed by atoms with Crippen LogP contribution >= 0.6 is 0 Å². The van der Waals surface area contributed by atoms with E-state index in [1.165, 1.54) is 36.8 Å². The second kappa shape index (κ2) is 7.42. The average Bonchev–Trinajstić information content (AvgIpc) is 2.96. The molecule has 1 saturated heterocycles. The number of likely N-dealkylation sites (N-methyl/N-ethyl adjacent to an activating group) is 1. The van der Waals surface area contributed by atoms with Gasteiger partial charge in [-0.3, -0.25) is 0 Å². The highest BCUT2D eigenvalue weighted by atomic mass is 16.5. The predicted molar refractivity (Wildman–Crippen MR) is 89.9 cm³/mol. The Morgan fingerprint density at radius 1 is 1.24 bits per heavy atom. The van der Waals surface area contributed by atoms with Gasteiger partial charge >= 0.3 is 0 Å². The van der Waals surface area contributed by atoms with Crippen molar-refractivity contribution in [3.8, 4) is 0 Å². The first-order valence-electron chi connectivity index (χ1n) is 8.37. The molecule has 0 aliphatic carbocycles. The molecular weight excluding hydrogens is 258 g/mol. The standard InChI is InChI=1S/C19H31NO/c1-19(2,3)16-9-7-15(8-10-16)14-17(20-4)11-12-18-6-5-13-21-18/h7-10,17-18,20H,5-6,11-14H2,1-4H3. The van der Waals surface area contributed by atoms with Gasteiger partial charge in [0.1, 0.15) is 0 Å². The predicted octanol–water partition coefficient (Wildman–Crippen LogP) is 4.07. The Balaban J connectivity index is 1.85. The largest absolute Gasteiger partial charge is 0.378 e. The Morgan fingerprint density at radius 2 is 1.95 bits per heavy atom. The summed E-state index contributed by atoms with van der Waals surface area (Å²) in [5, 5.41) is 3.46. The van der Waals surface area contributed by atoms with Gasteiger partial charge in [-0.2, -0.15) is 0 Å². The lowest BCUT2D eigenvalue weighted by atomic mass is 9.86. The van der Waals surface area contributed by atoms with Gasteiger partial charge in [0.05, 0.1) is 6.10 Å². The van der Waals surface area contributed by atoms with Gasteiger partial charge in [-0.1, -0.05) is 45.0 Å². The molecule has 0 radical (unpaired) electrons. The third-order valence-electron chi connectivity index (χ3n) is 4.57. The van der Waals surface area contributed by atoms with Crippen LogP contribution in [0.1, 0.15) is 57.6 Å². The lowest BCUT2D eigenvalue weighted by molar-refractivity contribution is 0.0998. The maximum absolute atomic E-state index is 5.72. The molecule has 2 unspecified atom stereocenters. The van der Waals surface area contributed by atoms with Crippen LogP contribution in [0.3, 0.4) is 0 Å². The molecule has 0 bridgehead atoms. The molecule has 1 N–H and O–H groups in total. The summed E-state index contributed by atoms with van der Waals surface area (Å²) < 4.78 is 5.72. The van der Waals surface area contributed by atoms with Crippen molar-refractivity contribution in [2.75, 3.05) is 13.7 Å². The fourth-order valence-corrected chi connectivity index (χ4v) is 3.03. The molecule has 0 aromatic heterocycles. The number of ether oxygens (including phenoxy) is 1. The first-order chi connectivity index (χ1) is 9.99. The summed E-state index contributed by atoms with van der Waals surface area (Å²) >= 11 is 0. The summed E-state index contributed by atoms with van der Waals surface area (Å²) in [6.45, 7) is 7.75. The SMILES string of the molecule is CNC(CCC1CCCO1)Cc1ccc(C(C)(C)C)cc1. The fourth-order valence-electron chi connectivity index (χ4n) is 3.03. The van der Waals surface area contributed by atoms with Gasteiger partial charge in [0.2, 0.25) is 0 Å². The van der Waals surface area contributed by atoms with E-state index in [1.807, 2.05) is 0 Å². The third kappa shape index (κ3) is 5.12. The molecule has 1 aliphatic heterocycles. The normalized spacial score (nSPS) is 20.7. The number of hydrogen-bond donors (Lipinski definition) is 1. The molecule has 2 nitrogen and oxygen atoms in total.